The van der Waals surface area contributed by atoms with E-state index in [-0.39, 0.29) is 22.6 Å². The van der Waals surface area contributed by atoms with Crippen molar-refractivity contribution in [3.63, 3.8) is 0 Å². The summed E-state index contributed by atoms with van der Waals surface area (Å²) >= 11 is 1.22. The first-order valence-corrected chi connectivity index (χ1v) is 13.8. The number of thioether (sulfide) groups is 1. The van der Waals surface area contributed by atoms with Crippen molar-refractivity contribution in [1.29, 1.82) is 0 Å². The van der Waals surface area contributed by atoms with Crippen molar-refractivity contribution < 1.29 is 17.6 Å². The van der Waals surface area contributed by atoms with Gasteiger partial charge >= 0.3 is 0 Å². The third-order valence-electron chi connectivity index (χ3n) is 6.32. The largest absolute Gasteiger partial charge is 0.431 e. The number of hydrogen-bond donors (Lipinski definition) is 1. The lowest BCUT2D eigenvalue weighted by Gasteiger charge is -2.26. The summed E-state index contributed by atoms with van der Waals surface area (Å²) in [6.45, 7) is 1.11. The lowest BCUT2D eigenvalue weighted by molar-refractivity contribution is -0.119. The van der Waals surface area contributed by atoms with E-state index in [2.05, 4.69) is 22.4 Å². The summed E-state index contributed by atoms with van der Waals surface area (Å²) in [6, 6.07) is 13.1. The van der Waals surface area contributed by atoms with E-state index in [1.54, 1.807) is 22.5 Å². The Hall–Kier alpha value is -2.36. The van der Waals surface area contributed by atoms with Gasteiger partial charge in [-0.25, -0.2) is 13.4 Å². The number of rotatable bonds is 6. The van der Waals surface area contributed by atoms with Gasteiger partial charge in [-0.1, -0.05) is 42.4 Å². The summed E-state index contributed by atoms with van der Waals surface area (Å²) in [6.07, 6.45) is 5.89. The quantitative estimate of drug-likeness (QED) is 0.524. The predicted molar refractivity (Wildman–Crippen MR) is 128 cm³/mol. The molecule has 2 aromatic carbocycles. The Morgan fingerprint density at radius 2 is 1.94 bits per heavy atom. The fourth-order valence-corrected chi connectivity index (χ4v) is 6.82. The van der Waals surface area contributed by atoms with E-state index in [1.807, 2.05) is 12.1 Å². The minimum atomic E-state index is -3.53. The number of hydrogen-bond acceptors (Lipinski definition) is 6. The molecule has 174 valence electrons. The highest BCUT2D eigenvalue weighted by molar-refractivity contribution is 7.99. The van der Waals surface area contributed by atoms with E-state index >= 15 is 0 Å². The van der Waals surface area contributed by atoms with Gasteiger partial charge in [0.15, 0.2) is 5.58 Å². The van der Waals surface area contributed by atoms with E-state index < -0.39 is 10.0 Å². The maximum Gasteiger partial charge on any atom is 0.257 e. The number of carbonyl (C=O) groups is 1. The van der Waals surface area contributed by atoms with Gasteiger partial charge in [0, 0.05) is 13.1 Å². The summed E-state index contributed by atoms with van der Waals surface area (Å²) in [7, 11) is -3.53. The van der Waals surface area contributed by atoms with E-state index in [0.717, 1.165) is 38.5 Å². The molecule has 2 heterocycles. The summed E-state index contributed by atoms with van der Waals surface area (Å²) in [5, 5.41) is 3.49. The number of aromatic nitrogens is 1. The molecular weight excluding hydrogens is 458 g/mol. The molecule has 33 heavy (non-hydrogen) atoms. The van der Waals surface area contributed by atoms with Crippen LogP contribution in [0.15, 0.2) is 57.0 Å². The Kier molecular flexibility index (Phi) is 6.44. The molecule has 5 rings (SSSR count). The van der Waals surface area contributed by atoms with Crippen LogP contribution in [0.2, 0.25) is 0 Å². The summed E-state index contributed by atoms with van der Waals surface area (Å²) < 4.78 is 33.2. The van der Waals surface area contributed by atoms with Crippen LogP contribution in [-0.2, 0) is 21.2 Å². The van der Waals surface area contributed by atoms with Gasteiger partial charge in [0.25, 0.3) is 5.22 Å². The van der Waals surface area contributed by atoms with Gasteiger partial charge in [-0.05, 0) is 61.4 Å². The fourth-order valence-electron chi connectivity index (χ4n) is 4.63. The maximum absolute atomic E-state index is 12.9. The molecule has 2 aliphatic rings. The molecule has 0 spiro atoms. The number of oxazole rings is 1. The van der Waals surface area contributed by atoms with Gasteiger partial charge in [0.05, 0.1) is 16.7 Å². The zero-order chi connectivity index (χ0) is 22.8. The Bertz CT molecular complexity index is 1270. The molecule has 1 atom stereocenters. The van der Waals surface area contributed by atoms with Crippen LogP contribution in [0.1, 0.15) is 49.3 Å². The van der Waals surface area contributed by atoms with Crippen LogP contribution in [0.4, 0.5) is 0 Å². The second-order valence-corrected chi connectivity index (χ2v) is 11.4. The third-order valence-corrected chi connectivity index (χ3v) is 9.05. The molecule has 1 aliphatic heterocycles. The second kappa shape index (κ2) is 9.48. The van der Waals surface area contributed by atoms with Gasteiger partial charge in [-0.15, -0.1) is 0 Å². The van der Waals surface area contributed by atoms with Gasteiger partial charge in [0.2, 0.25) is 15.9 Å². The molecule has 1 N–H and O–H groups in total. The van der Waals surface area contributed by atoms with Crippen LogP contribution in [0, 0.1) is 0 Å². The molecule has 1 saturated heterocycles. The molecule has 1 fully saturated rings. The standard InChI is InChI=1S/C24H27N3O4S2/c28-23(25-20-10-6-8-17-7-2-3-9-19(17)20)16-32-24-26-21-15-18(11-12-22(21)31-24)33(29,30)27-13-4-1-5-14-27/h2-3,7,9,11-12,15,20H,1,4-6,8,10,13-14,16H2,(H,25,28)/t20-/m1/s1. The van der Waals surface area contributed by atoms with E-state index in [9.17, 15) is 13.2 Å². The fraction of sp³-hybridized carbons (Fsp3) is 0.417. The zero-order valence-corrected chi connectivity index (χ0v) is 20.0. The molecule has 0 bridgehead atoms. The van der Waals surface area contributed by atoms with Crippen LogP contribution in [-0.4, -0.2) is 42.5 Å². The number of nitrogens with zero attached hydrogens (tertiary/aromatic N) is 2. The minimum Gasteiger partial charge on any atom is -0.431 e. The zero-order valence-electron chi connectivity index (χ0n) is 18.3. The van der Waals surface area contributed by atoms with Crippen LogP contribution in [0.5, 0.6) is 0 Å². The number of sulfonamides is 1. The maximum atomic E-state index is 12.9. The van der Waals surface area contributed by atoms with E-state index in [1.165, 1.54) is 22.9 Å². The number of benzene rings is 2. The molecule has 7 nitrogen and oxygen atoms in total. The average Bonchev–Trinajstić information content (AvgIpc) is 3.26. The minimum absolute atomic E-state index is 0.0363. The van der Waals surface area contributed by atoms with Crippen LogP contribution >= 0.6 is 11.8 Å². The van der Waals surface area contributed by atoms with Crippen molar-refractivity contribution in [2.75, 3.05) is 18.8 Å². The number of aryl methyl sites for hydroxylation is 1. The smallest absolute Gasteiger partial charge is 0.257 e. The number of carbonyl (C=O) groups excluding carboxylic acids is 1. The molecular formula is C24H27N3O4S2. The topological polar surface area (TPSA) is 92.5 Å². The Labute approximate surface area is 198 Å². The molecule has 0 saturated carbocycles. The van der Waals surface area contributed by atoms with Crippen LogP contribution in [0.25, 0.3) is 11.1 Å². The highest BCUT2D eigenvalue weighted by Crippen LogP contribution is 2.30. The molecule has 1 amide bonds. The lowest BCUT2D eigenvalue weighted by Crippen LogP contribution is -2.35. The molecule has 9 heteroatoms. The predicted octanol–water partition coefficient (Wildman–Crippen LogP) is 4.29. The molecule has 0 unspecified atom stereocenters. The summed E-state index contributed by atoms with van der Waals surface area (Å²) in [4.78, 5) is 17.2. The summed E-state index contributed by atoms with van der Waals surface area (Å²) in [5.41, 5.74) is 3.50. The Morgan fingerprint density at radius 1 is 1.12 bits per heavy atom. The van der Waals surface area contributed by atoms with E-state index in [0.29, 0.717) is 29.4 Å². The highest BCUT2D eigenvalue weighted by Gasteiger charge is 2.27. The normalized spacial score (nSPS) is 19.3. The number of nitrogens with one attached hydrogen (secondary N) is 1. The summed E-state index contributed by atoms with van der Waals surface area (Å²) in [5.74, 6) is 0.113. The monoisotopic (exact) mass is 485 g/mol. The van der Waals surface area contributed by atoms with Crippen molar-refractivity contribution in [2.45, 2.75) is 54.7 Å². The number of fused-ring (bicyclic) bond motifs is 2. The second-order valence-electron chi connectivity index (χ2n) is 8.57. The van der Waals surface area contributed by atoms with Crippen LogP contribution in [0.3, 0.4) is 0 Å². The number of amides is 1. The Morgan fingerprint density at radius 3 is 2.79 bits per heavy atom. The van der Waals surface area contributed by atoms with Crippen molar-refractivity contribution in [2.24, 2.45) is 0 Å². The molecule has 3 aromatic rings. The molecule has 1 aromatic heterocycles. The van der Waals surface area contributed by atoms with Crippen molar-refractivity contribution >= 4 is 38.8 Å². The SMILES string of the molecule is O=C(CSc1nc2cc(S(=O)(=O)N3CCCCC3)ccc2o1)N[C@@H]1CCCc2ccccc21. The van der Waals surface area contributed by atoms with Crippen molar-refractivity contribution in [3.8, 4) is 0 Å². The van der Waals surface area contributed by atoms with Crippen molar-refractivity contribution in [1.82, 2.24) is 14.6 Å². The lowest BCUT2D eigenvalue weighted by atomic mass is 9.88. The van der Waals surface area contributed by atoms with Gasteiger partial charge in [-0.2, -0.15) is 4.31 Å². The third kappa shape index (κ3) is 4.81. The first-order valence-electron chi connectivity index (χ1n) is 11.4. The molecule has 1 aliphatic carbocycles. The first-order chi connectivity index (χ1) is 16.0. The van der Waals surface area contributed by atoms with Gasteiger partial charge < -0.3 is 9.73 Å². The van der Waals surface area contributed by atoms with E-state index in [4.69, 9.17) is 4.42 Å². The van der Waals surface area contributed by atoms with Gasteiger partial charge in [0.1, 0.15) is 5.52 Å². The highest BCUT2D eigenvalue weighted by atomic mass is 32.2. The molecule has 0 radical (unpaired) electrons. The Balaban J connectivity index is 1.24. The van der Waals surface area contributed by atoms with Crippen LogP contribution < -0.4 is 5.32 Å². The number of piperidine rings is 1. The van der Waals surface area contributed by atoms with Crippen molar-refractivity contribution in [3.05, 3.63) is 53.6 Å². The van der Waals surface area contributed by atoms with Gasteiger partial charge in [-0.3, -0.25) is 4.79 Å². The first kappa shape index (κ1) is 22.4. The average molecular weight is 486 g/mol.